The topological polar surface area (TPSA) is 97.0 Å². The summed E-state index contributed by atoms with van der Waals surface area (Å²) < 4.78 is 10.6. The van der Waals surface area contributed by atoms with Crippen LogP contribution in [0.1, 0.15) is 22.7 Å². The number of allylic oxidation sites excluding steroid dienone is 1. The lowest BCUT2D eigenvalue weighted by atomic mass is 9.84. The minimum absolute atomic E-state index is 0.0920. The van der Waals surface area contributed by atoms with E-state index in [1.165, 1.54) is 0 Å². The number of methoxy groups -OCH3 is 1. The molecule has 0 amide bonds. The molecule has 1 aliphatic heterocycles. The van der Waals surface area contributed by atoms with Crippen LogP contribution < -0.4 is 10.5 Å². The highest BCUT2D eigenvalue weighted by Gasteiger charge is 2.34. The Morgan fingerprint density at radius 1 is 1.43 bits per heavy atom. The summed E-state index contributed by atoms with van der Waals surface area (Å²) in [7, 11) is 1.60. The fourth-order valence-electron chi connectivity index (χ4n) is 2.54. The fraction of sp³-hybridized carbons (Fsp3) is 0.200. The highest BCUT2D eigenvalue weighted by molar-refractivity contribution is 5.54. The summed E-state index contributed by atoms with van der Waals surface area (Å²) in [5.41, 5.74) is 8.78. The first-order chi connectivity index (χ1) is 10.3. The summed E-state index contributed by atoms with van der Waals surface area (Å²) in [5, 5.41) is 16.5. The Morgan fingerprint density at radius 2 is 2.19 bits per heavy atom. The number of nitrogens with two attached hydrogens (primary N) is 1. The molecule has 1 aromatic carbocycles. The Labute approximate surface area is 121 Å². The number of nitriles is 1. The third-order valence-electron chi connectivity index (χ3n) is 3.44. The minimum atomic E-state index is -0.302. The number of fused-ring (bicyclic) bond motifs is 1. The Hall–Kier alpha value is -2.78. The van der Waals surface area contributed by atoms with Crippen molar-refractivity contribution < 1.29 is 9.47 Å². The zero-order valence-electron chi connectivity index (χ0n) is 11.5. The predicted octanol–water partition coefficient (Wildman–Crippen LogP) is 1.77. The van der Waals surface area contributed by atoms with Crippen molar-refractivity contribution in [1.82, 2.24) is 10.2 Å². The molecule has 1 aromatic heterocycles. The van der Waals surface area contributed by atoms with Crippen LogP contribution in [0, 0.1) is 11.3 Å². The molecule has 6 heteroatoms. The normalized spacial score (nSPS) is 17.0. The molecule has 106 valence electrons. The minimum Gasteiger partial charge on any atom is -0.420 e. The van der Waals surface area contributed by atoms with E-state index in [1.54, 1.807) is 7.11 Å². The highest BCUT2D eigenvalue weighted by Crippen LogP contribution is 2.42. The lowest BCUT2D eigenvalue weighted by Gasteiger charge is -2.23. The van der Waals surface area contributed by atoms with Gasteiger partial charge >= 0.3 is 0 Å². The standard InChI is InChI=1S/C15H14N4O2/c1-20-8-11-13-12(9-5-3-2-4-6-9)10(7-16)14(17)21-15(13)19-18-11/h2-6,12H,8,17H2,1H3,(H,18,19). The van der Waals surface area contributed by atoms with Crippen molar-refractivity contribution in [2.75, 3.05) is 7.11 Å². The largest absolute Gasteiger partial charge is 0.420 e. The molecule has 6 nitrogen and oxygen atoms in total. The van der Waals surface area contributed by atoms with E-state index in [9.17, 15) is 5.26 Å². The molecule has 0 bridgehead atoms. The van der Waals surface area contributed by atoms with Crippen molar-refractivity contribution in [3.05, 3.63) is 58.6 Å². The van der Waals surface area contributed by atoms with Gasteiger partial charge in [0.1, 0.15) is 11.6 Å². The van der Waals surface area contributed by atoms with Gasteiger partial charge in [-0.15, -0.1) is 5.10 Å². The number of H-pyrrole nitrogens is 1. The maximum Gasteiger partial charge on any atom is 0.244 e. The van der Waals surface area contributed by atoms with E-state index < -0.39 is 0 Å². The molecule has 3 rings (SSSR count). The van der Waals surface area contributed by atoms with Gasteiger partial charge in [0.05, 0.1) is 23.8 Å². The fourth-order valence-corrected chi connectivity index (χ4v) is 2.54. The average molecular weight is 282 g/mol. The van der Waals surface area contributed by atoms with Gasteiger partial charge in [-0.2, -0.15) is 5.26 Å². The highest BCUT2D eigenvalue weighted by atomic mass is 16.5. The first-order valence-corrected chi connectivity index (χ1v) is 6.44. The number of nitrogens with zero attached hydrogens (tertiary/aromatic N) is 2. The van der Waals surface area contributed by atoms with Crippen LogP contribution in [0.3, 0.4) is 0 Å². The van der Waals surface area contributed by atoms with Crippen LogP contribution in [0.4, 0.5) is 0 Å². The third kappa shape index (κ3) is 2.14. The third-order valence-corrected chi connectivity index (χ3v) is 3.44. The number of aromatic nitrogens is 2. The van der Waals surface area contributed by atoms with Gasteiger partial charge in [-0.1, -0.05) is 30.3 Å². The summed E-state index contributed by atoms with van der Waals surface area (Å²) in [6.07, 6.45) is 0. The van der Waals surface area contributed by atoms with Gasteiger partial charge in [0.25, 0.3) is 0 Å². The van der Waals surface area contributed by atoms with Crippen molar-refractivity contribution in [3.63, 3.8) is 0 Å². The van der Waals surface area contributed by atoms with E-state index in [0.717, 1.165) is 16.8 Å². The van der Waals surface area contributed by atoms with Gasteiger partial charge in [-0.25, -0.2) is 0 Å². The molecule has 0 saturated heterocycles. The van der Waals surface area contributed by atoms with Gasteiger partial charge in [-0.3, -0.25) is 5.10 Å². The zero-order chi connectivity index (χ0) is 14.8. The number of hydrogen-bond acceptors (Lipinski definition) is 5. The Bertz CT molecular complexity index is 728. The van der Waals surface area contributed by atoms with Crippen molar-refractivity contribution in [1.29, 1.82) is 5.26 Å². The van der Waals surface area contributed by atoms with Gasteiger partial charge in [-0.05, 0) is 5.56 Å². The van der Waals surface area contributed by atoms with Crippen molar-refractivity contribution in [2.45, 2.75) is 12.5 Å². The van der Waals surface area contributed by atoms with Crippen LogP contribution in [0.5, 0.6) is 5.88 Å². The average Bonchev–Trinajstić information content (AvgIpc) is 2.89. The Balaban J connectivity index is 2.20. The molecular weight excluding hydrogens is 268 g/mol. The summed E-state index contributed by atoms with van der Waals surface area (Å²) in [6.45, 7) is 0.355. The number of hydrogen-bond donors (Lipinski definition) is 2. The molecular formula is C15H14N4O2. The SMILES string of the molecule is COCc1[nH]nc2c1C(c1ccccc1)C(C#N)=C(N)O2. The Morgan fingerprint density at radius 3 is 2.86 bits per heavy atom. The van der Waals surface area contributed by atoms with E-state index in [1.807, 2.05) is 30.3 Å². The first kappa shape index (κ1) is 13.2. The number of rotatable bonds is 3. The van der Waals surface area contributed by atoms with Gasteiger partial charge in [0.2, 0.25) is 11.8 Å². The van der Waals surface area contributed by atoms with Crippen LogP contribution in [0.2, 0.25) is 0 Å². The zero-order valence-corrected chi connectivity index (χ0v) is 11.5. The lowest BCUT2D eigenvalue weighted by molar-refractivity contribution is 0.180. The monoisotopic (exact) mass is 282 g/mol. The smallest absolute Gasteiger partial charge is 0.244 e. The number of ether oxygens (including phenoxy) is 2. The second kappa shape index (κ2) is 5.31. The molecule has 1 aliphatic rings. The van der Waals surface area contributed by atoms with E-state index in [4.69, 9.17) is 15.2 Å². The molecule has 3 N–H and O–H groups in total. The maximum absolute atomic E-state index is 9.45. The quantitative estimate of drug-likeness (QED) is 0.894. The second-order valence-electron chi connectivity index (χ2n) is 4.69. The van der Waals surface area contributed by atoms with Crippen molar-refractivity contribution >= 4 is 0 Å². The van der Waals surface area contributed by atoms with E-state index in [-0.39, 0.29) is 11.8 Å². The molecule has 0 fully saturated rings. The van der Waals surface area contributed by atoms with Gasteiger partial charge < -0.3 is 15.2 Å². The summed E-state index contributed by atoms with van der Waals surface area (Å²) >= 11 is 0. The van der Waals surface area contributed by atoms with Crippen LogP contribution in [0.15, 0.2) is 41.8 Å². The lowest BCUT2D eigenvalue weighted by Crippen LogP contribution is -2.21. The van der Waals surface area contributed by atoms with Gasteiger partial charge in [0.15, 0.2) is 0 Å². The molecule has 0 saturated carbocycles. The van der Waals surface area contributed by atoms with Crippen LogP contribution in [-0.2, 0) is 11.3 Å². The molecule has 21 heavy (non-hydrogen) atoms. The van der Waals surface area contributed by atoms with Crippen LogP contribution >= 0.6 is 0 Å². The molecule has 0 aliphatic carbocycles. The van der Waals surface area contributed by atoms with Crippen molar-refractivity contribution in [3.8, 4) is 11.9 Å². The number of aromatic amines is 1. The maximum atomic E-state index is 9.45. The number of benzene rings is 1. The molecule has 2 heterocycles. The summed E-state index contributed by atoms with van der Waals surface area (Å²) in [4.78, 5) is 0. The molecule has 1 atom stereocenters. The Kier molecular flexibility index (Phi) is 3.34. The van der Waals surface area contributed by atoms with E-state index in [2.05, 4.69) is 16.3 Å². The van der Waals surface area contributed by atoms with E-state index in [0.29, 0.717) is 18.1 Å². The second-order valence-corrected chi connectivity index (χ2v) is 4.69. The van der Waals surface area contributed by atoms with Crippen LogP contribution in [-0.4, -0.2) is 17.3 Å². The molecule has 0 spiro atoms. The molecule has 2 aromatic rings. The summed E-state index contributed by atoms with van der Waals surface area (Å²) in [5.74, 6) is 0.186. The van der Waals surface area contributed by atoms with Crippen molar-refractivity contribution in [2.24, 2.45) is 5.73 Å². The predicted molar refractivity (Wildman–Crippen MR) is 75.0 cm³/mol. The first-order valence-electron chi connectivity index (χ1n) is 6.44. The van der Waals surface area contributed by atoms with Gasteiger partial charge in [0, 0.05) is 7.11 Å². The molecule has 1 unspecified atom stereocenters. The number of nitrogens with one attached hydrogen (secondary N) is 1. The van der Waals surface area contributed by atoms with Crippen LogP contribution in [0.25, 0.3) is 0 Å². The molecule has 0 radical (unpaired) electrons. The summed E-state index contributed by atoms with van der Waals surface area (Å²) in [6, 6.07) is 11.8. The van der Waals surface area contributed by atoms with E-state index >= 15 is 0 Å².